The molecule has 2 nitrogen and oxygen atoms in total. The summed E-state index contributed by atoms with van der Waals surface area (Å²) in [5, 5.41) is 13.2. The number of rotatable bonds is 6. The van der Waals surface area contributed by atoms with Crippen LogP contribution in [0.1, 0.15) is 29.2 Å². The Balaban J connectivity index is 1.96. The molecule has 0 aliphatic rings. The highest BCUT2D eigenvalue weighted by atomic mass is 16.4. The van der Waals surface area contributed by atoms with E-state index in [9.17, 15) is 9.90 Å². The summed E-state index contributed by atoms with van der Waals surface area (Å²) in [5.74, 6) is -0.876. The first kappa shape index (κ1) is 21.7. The van der Waals surface area contributed by atoms with Crippen LogP contribution in [-0.2, 0) is 15.6 Å². The van der Waals surface area contributed by atoms with Gasteiger partial charge in [-0.25, -0.2) is 0 Å². The zero-order valence-corrected chi connectivity index (χ0v) is 19.1. The van der Waals surface area contributed by atoms with Crippen LogP contribution in [0.5, 0.6) is 0 Å². The van der Waals surface area contributed by atoms with E-state index in [1.807, 2.05) is 134 Å². The first-order chi connectivity index (χ1) is 16.6. The molecule has 0 heterocycles. The summed E-state index contributed by atoms with van der Waals surface area (Å²) in [4.78, 5) is 13.5. The summed E-state index contributed by atoms with van der Waals surface area (Å²) in [6, 6.07) is 44.2. The molecule has 0 bridgehead atoms. The third-order valence-electron chi connectivity index (χ3n) is 7.12. The SMILES string of the molecule is CC(C(=O)O)(c1ccc2ccccc2c1)C(c1ccccc1)(c1ccccc1)c1ccccc1. The van der Waals surface area contributed by atoms with Crippen LogP contribution in [0.2, 0.25) is 0 Å². The number of hydrogen-bond donors (Lipinski definition) is 1. The number of fused-ring (bicyclic) bond motifs is 1. The molecule has 1 atom stereocenters. The molecular weight excluding hydrogens is 416 g/mol. The van der Waals surface area contributed by atoms with Crippen molar-refractivity contribution in [1.29, 1.82) is 0 Å². The van der Waals surface area contributed by atoms with Gasteiger partial charge in [0.15, 0.2) is 0 Å². The van der Waals surface area contributed by atoms with Gasteiger partial charge >= 0.3 is 5.97 Å². The fourth-order valence-corrected chi connectivity index (χ4v) is 5.43. The van der Waals surface area contributed by atoms with Crippen LogP contribution in [0.25, 0.3) is 10.8 Å². The number of aliphatic carboxylic acids is 1. The molecule has 166 valence electrons. The molecule has 2 heteroatoms. The summed E-state index contributed by atoms with van der Waals surface area (Å²) in [7, 11) is 0. The van der Waals surface area contributed by atoms with E-state index < -0.39 is 16.8 Å². The Kier molecular flexibility index (Phi) is 5.51. The van der Waals surface area contributed by atoms with Gasteiger partial charge in [-0.05, 0) is 46.0 Å². The van der Waals surface area contributed by atoms with Crippen molar-refractivity contribution >= 4 is 16.7 Å². The Bertz CT molecular complexity index is 1330. The topological polar surface area (TPSA) is 37.3 Å². The van der Waals surface area contributed by atoms with Gasteiger partial charge in [0.05, 0.1) is 5.41 Å². The fraction of sp³-hybridized carbons (Fsp3) is 0.0938. The second kappa shape index (κ2) is 8.64. The third-order valence-corrected chi connectivity index (χ3v) is 7.12. The van der Waals surface area contributed by atoms with E-state index in [4.69, 9.17) is 0 Å². The molecule has 0 aliphatic heterocycles. The highest BCUT2D eigenvalue weighted by molar-refractivity contribution is 5.90. The zero-order chi connectivity index (χ0) is 23.6. The Morgan fingerprint density at radius 1 is 0.529 bits per heavy atom. The molecule has 0 saturated carbocycles. The van der Waals surface area contributed by atoms with Gasteiger partial charge < -0.3 is 5.11 Å². The molecular formula is C32H26O2. The molecule has 0 fully saturated rings. The molecule has 0 amide bonds. The Morgan fingerprint density at radius 2 is 0.941 bits per heavy atom. The lowest BCUT2D eigenvalue weighted by molar-refractivity contribution is -0.145. The van der Waals surface area contributed by atoms with Crippen LogP contribution in [0.15, 0.2) is 133 Å². The molecule has 1 N–H and O–H groups in total. The van der Waals surface area contributed by atoms with Gasteiger partial charge in [0.25, 0.3) is 0 Å². The number of benzene rings is 5. The maximum atomic E-state index is 13.5. The highest BCUT2D eigenvalue weighted by Crippen LogP contribution is 2.53. The lowest BCUT2D eigenvalue weighted by Crippen LogP contribution is -2.54. The molecule has 1 unspecified atom stereocenters. The Morgan fingerprint density at radius 3 is 1.38 bits per heavy atom. The van der Waals surface area contributed by atoms with Gasteiger partial charge in [0, 0.05) is 0 Å². The van der Waals surface area contributed by atoms with Crippen molar-refractivity contribution in [2.24, 2.45) is 0 Å². The quantitative estimate of drug-likeness (QED) is 0.282. The van der Waals surface area contributed by atoms with Crippen LogP contribution in [0.4, 0.5) is 0 Å². The van der Waals surface area contributed by atoms with Crippen molar-refractivity contribution in [2.45, 2.75) is 17.8 Å². The monoisotopic (exact) mass is 442 g/mol. The zero-order valence-electron chi connectivity index (χ0n) is 19.1. The maximum Gasteiger partial charge on any atom is 0.315 e. The first-order valence-corrected chi connectivity index (χ1v) is 11.5. The predicted octanol–water partition coefficient (Wildman–Crippen LogP) is 7.22. The van der Waals surface area contributed by atoms with Gasteiger partial charge in [-0.1, -0.05) is 127 Å². The largest absolute Gasteiger partial charge is 0.481 e. The third kappa shape index (κ3) is 3.22. The molecule has 0 aliphatic carbocycles. The minimum absolute atomic E-state index is 0.759. The highest BCUT2D eigenvalue weighted by Gasteiger charge is 2.57. The van der Waals surface area contributed by atoms with E-state index >= 15 is 0 Å². The van der Waals surface area contributed by atoms with Crippen molar-refractivity contribution in [1.82, 2.24) is 0 Å². The minimum Gasteiger partial charge on any atom is -0.481 e. The van der Waals surface area contributed by atoms with E-state index in [1.54, 1.807) is 0 Å². The number of carboxylic acid groups (broad SMARTS) is 1. The van der Waals surface area contributed by atoms with Gasteiger partial charge in [-0.2, -0.15) is 0 Å². The van der Waals surface area contributed by atoms with Gasteiger partial charge in [-0.3, -0.25) is 4.79 Å². The number of carbonyl (C=O) groups is 1. The maximum absolute atomic E-state index is 13.5. The van der Waals surface area contributed by atoms with Crippen LogP contribution >= 0.6 is 0 Å². The van der Waals surface area contributed by atoms with Gasteiger partial charge in [0.1, 0.15) is 5.41 Å². The normalized spacial score (nSPS) is 13.3. The molecule has 0 saturated heterocycles. The summed E-state index contributed by atoms with van der Waals surface area (Å²) < 4.78 is 0. The van der Waals surface area contributed by atoms with Crippen LogP contribution < -0.4 is 0 Å². The van der Waals surface area contributed by atoms with E-state index in [1.165, 1.54) is 0 Å². The molecule has 5 aromatic rings. The Hall–Kier alpha value is -4.17. The lowest BCUT2D eigenvalue weighted by atomic mass is 9.52. The van der Waals surface area contributed by atoms with Crippen LogP contribution in [0.3, 0.4) is 0 Å². The molecule has 0 radical (unpaired) electrons. The van der Waals surface area contributed by atoms with Crippen LogP contribution in [-0.4, -0.2) is 11.1 Å². The summed E-state index contributed by atoms with van der Waals surface area (Å²) in [6.07, 6.45) is 0. The standard InChI is InChI=1S/C32H26O2/c1-31(30(33)34,29-22-21-24-13-11-12-14-25(24)23-29)32(26-15-5-2-6-16-26,27-17-7-3-8-18-27)28-19-9-4-10-20-28/h2-23H,1H3,(H,33,34). The van der Waals surface area contributed by atoms with Crippen molar-refractivity contribution < 1.29 is 9.90 Å². The smallest absolute Gasteiger partial charge is 0.315 e. The molecule has 0 aromatic heterocycles. The molecule has 5 rings (SSSR count). The van der Waals surface area contributed by atoms with Gasteiger partial charge in [-0.15, -0.1) is 0 Å². The van der Waals surface area contributed by atoms with Crippen molar-refractivity contribution in [3.05, 3.63) is 156 Å². The Labute approximate surface area is 200 Å². The van der Waals surface area contributed by atoms with E-state index in [2.05, 4.69) is 6.07 Å². The van der Waals surface area contributed by atoms with Gasteiger partial charge in [0.2, 0.25) is 0 Å². The van der Waals surface area contributed by atoms with E-state index in [0.29, 0.717) is 0 Å². The average Bonchev–Trinajstić information content (AvgIpc) is 2.90. The first-order valence-electron chi connectivity index (χ1n) is 11.5. The molecule has 34 heavy (non-hydrogen) atoms. The minimum atomic E-state index is -1.32. The van der Waals surface area contributed by atoms with Crippen molar-refractivity contribution in [3.8, 4) is 0 Å². The van der Waals surface area contributed by atoms with E-state index in [0.717, 1.165) is 33.0 Å². The summed E-state index contributed by atoms with van der Waals surface area (Å²) in [6.45, 7) is 1.87. The van der Waals surface area contributed by atoms with Crippen molar-refractivity contribution in [3.63, 3.8) is 0 Å². The van der Waals surface area contributed by atoms with E-state index in [-0.39, 0.29) is 0 Å². The molecule has 0 spiro atoms. The average molecular weight is 443 g/mol. The second-order valence-corrected chi connectivity index (χ2v) is 8.84. The number of carboxylic acids is 1. The summed E-state index contributed by atoms with van der Waals surface area (Å²) >= 11 is 0. The molecule has 5 aromatic carbocycles. The number of hydrogen-bond acceptors (Lipinski definition) is 1. The second-order valence-electron chi connectivity index (χ2n) is 8.84. The lowest BCUT2D eigenvalue weighted by Gasteiger charge is -2.48. The fourth-order valence-electron chi connectivity index (χ4n) is 5.43. The van der Waals surface area contributed by atoms with Crippen molar-refractivity contribution in [2.75, 3.05) is 0 Å². The predicted molar refractivity (Wildman–Crippen MR) is 138 cm³/mol. The van der Waals surface area contributed by atoms with Crippen LogP contribution in [0, 0.1) is 0 Å². The summed E-state index contributed by atoms with van der Waals surface area (Å²) in [5.41, 5.74) is 1.27.